The first-order chi connectivity index (χ1) is 11.6. The number of hydrogen-bond donors (Lipinski definition) is 3. The van der Waals surface area contributed by atoms with Crippen LogP contribution in [0.15, 0.2) is 0 Å². The minimum absolute atomic E-state index is 0.0826. The van der Waals surface area contributed by atoms with Gasteiger partial charge in [0.25, 0.3) is 0 Å². The molecule has 4 nitrogen and oxygen atoms in total. The van der Waals surface area contributed by atoms with Gasteiger partial charge in [-0.1, -0.05) is 55.4 Å². The minimum atomic E-state index is -2.09. The monoisotopic (exact) mass is 412 g/mol. The number of aliphatic hydroxyl groups is 3. The highest BCUT2D eigenvalue weighted by Crippen LogP contribution is 2.42. The van der Waals surface area contributed by atoms with Gasteiger partial charge in [-0.05, 0) is 28.1 Å². The molecule has 0 unspecified atom stereocenters. The summed E-state index contributed by atoms with van der Waals surface area (Å²) in [5.74, 6) is 1.72. The van der Waals surface area contributed by atoms with Crippen molar-refractivity contribution in [1.29, 1.82) is 0 Å². The van der Waals surface area contributed by atoms with Gasteiger partial charge in [0.1, 0.15) is 18.3 Å². The zero-order chi connectivity index (χ0) is 19.8. The van der Waals surface area contributed by atoms with E-state index in [1.54, 1.807) is 23.5 Å². The number of aliphatic hydroxyl groups excluding tert-OH is 3. The lowest BCUT2D eigenvalue weighted by atomic mass is 10.1. The molecule has 0 aliphatic heterocycles. The minimum Gasteiger partial charge on any atom is -0.413 e. The van der Waals surface area contributed by atoms with Crippen molar-refractivity contribution in [2.45, 2.75) is 94.9 Å². The standard InChI is InChI=1S/C18H40O4S2Si/c1-9-23-18(24-10-2)17(21)16(20)15(19)11-22-25(12(3)4,13(5)6)14(7)8/h12-21H,9-11H2,1-8H3/t15-,16-,17+/m1/s1. The summed E-state index contributed by atoms with van der Waals surface area (Å²) in [6.07, 6.45) is -3.24. The third kappa shape index (κ3) is 7.01. The van der Waals surface area contributed by atoms with E-state index in [4.69, 9.17) is 4.43 Å². The van der Waals surface area contributed by atoms with Gasteiger partial charge < -0.3 is 19.7 Å². The molecule has 0 radical (unpaired) electrons. The van der Waals surface area contributed by atoms with Crippen LogP contribution in [0.1, 0.15) is 55.4 Å². The van der Waals surface area contributed by atoms with Crippen molar-refractivity contribution in [3.8, 4) is 0 Å². The summed E-state index contributed by atoms with van der Waals surface area (Å²) in [5.41, 5.74) is 1.25. The fourth-order valence-corrected chi connectivity index (χ4v) is 11.8. The molecule has 0 saturated heterocycles. The van der Waals surface area contributed by atoms with Crippen LogP contribution in [-0.4, -0.2) is 64.6 Å². The van der Waals surface area contributed by atoms with E-state index in [2.05, 4.69) is 41.5 Å². The zero-order valence-corrected chi connectivity index (χ0v) is 19.9. The van der Waals surface area contributed by atoms with Gasteiger partial charge >= 0.3 is 0 Å². The first-order valence-electron chi connectivity index (χ1n) is 9.47. The maximum atomic E-state index is 10.5. The third-order valence-electron chi connectivity index (χ3n) is 4.90. The molecule has 0 fully saturated rings. The number of hydrogen-bond acceptors (Lipinski definition) is 6. The predicted molar refractivity (Wildman–Crippen MR) is 115 cm³/mol. The normalized spacial score (nSPS) is 16.9. The van der Waals surface area contributed by atoms with Crippen LogP contribution >= 0.6 is 23.5 Å². The smallest absolute Gasteiger partial charge is 0.200 e. The molecule has 152 valence electrons. The van der Waals surface area contributed by atoms with E-state index in [0.717, 1.165) is 11.5 Å². The average Bonchev–Trinajstić information content (AvgIpc) is 2.52. The Kier molecular flexibility index (Phi) is 12.6. The van der Waals surface area contributed by atoms with Crippen LogP contribution in [0.4, 0.5) is 0 Å². The van der Waals surface area contributed by atoms with Gasteiger partial charge in [0, 0.05) is 0 Å². The Morgan fingerprint density at radius 2 is 1.16 bits per heavy atom. The SMILES string of the molecule is CCSC(SCC)[C@@H](O)[C@H](O)[C@H](O)CO[Si](C(C)C)(C(C)C)C(C)C. The molecular weight excluding hydrogens is 372 g/mol. The molecule has 0 heterocycles. The number of rotatable bonds is 13. The molecule has 0 bridgehead atoms. The van der Waals surface area contributed by atoms with Crippen LogP contribution in [0.25, 0.3) is 0 Å². The van der Waals surface area contributed by atoms with Gasteiger partial charge in [-0.25, -0.2) is 0 Å². The molecule has 0 aromatic rings. The summed E-state index contributed by atoms with van der Waals surface area (Å²) in [4.78, 5) is 0. The average molecular weight is 413 g/mol. The fourth-order valence-electron chi connectivity index (χ4n) is 3.79. The third-order valence-corrected chi connectivity index (χ3v) is 13.7. The Morgan fingerprint density at radius 1 is 0.760 bits per heavy atom. The molecule has 0 aromatic carbocycles. The highest BCUT2D eigenvalue weighted by Gasteiger charge is 2.46. The molecule has 0 saturated carbocycles. The summed E-state index contributed by atoms with van der Waals surface area (Å²) >= 11 is 3.21. The van der Waals surface area contributed by atoms with Crippen molar-refractivity contribution in [2.24, 2.45) is 0 Å². The predicted octanol–water partition coefficient (Wildman–Crippen LogP) is 4.09. The van der Waals surface area contributed by atoms with E-state index in [-0.39, 0.29) is 11.2 Å². The second-order valence-corrected chi connectivity index (χ2v) is 16.1. The molecule has 3 N–H and O–H groups in total. The van der Waals surface area contributed by atoms with E-state index in [1.807, 2.05) is 13.8 Å². The maximum absolute atomic E-state index is 10.5. The van der Waals surface area contributed by atoms with Gasteiger partial charge in [-0.2, -0.15) is 0 Å². The molecular formula is C18H40O4S2Si. The summed E-state index contributed by atoms with van der Waals surface area (Å²) in [7, 11) is -2.09. The molecule has 7 heteroatoms. The van der Waals surface area contributed by atoms with Crippen molar-refractivity contribution >= 4 is 31.8 Å². The van der Waals surface area contributed by atoms with Crippen molar-refractivity contribution in [2.75, 3.05) is 18.1 Å². The summed E-state index contributed by atoms with van der Waals surface area (Å²) < 4.78 is 6.21. The van der Waals surface area contributed by atoms with Gasteiger partial charge in [-0.15, -0.1) is 23.5 Å². The molecule has 3 atom stereocenters. The molecule has 0 spiro atoms. The van der Waals surface area contributed by atoms with E-state index in [1.165, 1.54) is 0 Å². The number of thioether (sulfide) groups is 2. The van der Waals surface area contributed by atoms with Gasteiger partial charge in [0.15, 0.2) is 8.32 Å². The van der Waals surface area contributed by atoms with Crippen LogP contribution in [0, 0.1) is 0 Å². The van der Waals surface area contributed by atoms with Crippen LogP contribution in [-0.2, 0) is 4.43 Å². The molecule has 0 aromatic heterocycles. The summed E-state index contributed by atoms with van der Waals surface area (Å²) in [5, 5.41) is 31.4. The van der Waals surface area contributed by atoms with Crippen molar-refractivity contribution in [3.63, 3.8) is 0 Å². The quantitative estimate of drug-likeness (QED) is 0.313. The summed E-state index contributed by atoms with van der Waals surface area (Å²) in [6, 6.07) is 0. The van der Waals surface area contributed by atoms with Crippen molar-refractivity contribution in [3.05, 3.63) is 0 Å². The van der Waals surface area contributed by atoms with E-state index >= 15 is 0 Å². The first kappa shape index (κ1) is 25.8. The van der Waals surface area contributed by atoms with Gasteiger partial charge in [0.05, 0.1) is 11.2 Å². The molecule has 0 aliphatic rings. The van der Waals surface area contributed by atoms with E-state index < -0.39 is 26.6 Å². The Morgan fingerprint density at radius 3 is 1.48 bits per heavy atom. The molecule has 0 amide bonds. The molecule has 0 rings (SSSR count). The highest BCUT2D eigenvalue weighted by atomic mass is 32.2. The largest absolute Gasteiger partial charge is 0.413 e. The van der Waals surface area contributed by atoms with E-state index in [0.29, 0.717) is 16.6 Å². The van der Waals surface area contributed by atoms with Gasteiger partial charge in [0.2, 0.25) is 0 Å². The van der Waals surface area contributed by atoms with Crippen LogP contribution in [0.3, 0.4) is 0 Å². The Balaban J connectivity index is 5.02. The molecule has 0 aliphatic carbocycles. The van der Waals surface area contributed by atoms with Crippen molar-refractivity contribution < 1.29 is 19.7 Å². The van der Waals surface area contributed by atoms with E-state index in [9.17, 15) is 15.3 Å². The lowest BCUT2D eigenvalue weighted by Gasteiger charge is -2.43. The Bertz CT molecular complexity index is 328. The lowest BCUT2D eigenvalue weighted by Crippen LogP contribution is -2.51. The lowest BCUT2D eigenvalue weighted by molar-refractivity contribution is -0.0689. The van der Waals surface area contributed by atoms with Gasteiger partial charge in [-0.3, -0.25) is 0 Å². The second kappa shape index (κ2) is 12.3. The first-order valence-corrected chi connectivity index (χ1v) is 13.7. The summed E-state index contributed by atoms with van der Waals surface area (Å²) in [6.45, 7) is 17.3. The zero-order valence-electron chi connectivity index (χ0n) is 17.2. The Hall–Kier alpha value is 0.757. The topological polar surface area (TPSA) is 69.9 Å². The highest BCUT2D eigenvalue weighted by molar-refractivity contribution is 8.17. The van der Waals surface area contributed by atoms with Crippen LogP contribution in [0.5, 0.6) is 0 Å². The Labute approximate surface area is 164 Å². The fraction of sp³-hybridized carbons (Fsp3) is 1.00. The molecule has 25 heavy (non-hydrogen) atoms. The van der Waals surface area contributed by atoms with Crippen molar-refractivity contribution in [1.82, 2.24) is 0 Å². The second-order valence-electron chi connectivity index (χ2n) is 7.46. The van der Waals surface area contributed by atoms with Crippen LogP contribution < -0.4 is 0 Å². The maximum Gasteiger partial charge on any atom is 0.200 e. The van der Waals surface area contributed by atoms with Crippen LogP contribution in [0.2, 0.25) is 16.6 Å².